The van der Waals surface area contributed by atoms with E-state index < -0.39 is 207 Å². The highest BCUT2D eigenvalue weighted by Crippen LogP contribution is 2.08. The number of primary amides is 2. The van der Waals surface area contributed by atoms with Gasteiger partial charge >= 0.3 is 5.97 Å². The van der Waals surface area contributed by atoms with Gasteiger partial charge in [0.25, 0.3) is 0 Å². The van der Waals surface area contributed by atoms with Crippen LogP contribution in [0.4, 0.5) is 0 Å². The zero-order valence-electron chi connectivity index (χ0n) is 46.1. The van der Waals surface area contributed by atoms with Crippen LogP contribution in [0.15, 0.2) is 4.99 Å². The third-order valence-corrected chi connectivity index (χ3v) is 12.0. The number of nitrogens with one attached hydrogen (secondary N) is 11. The molecule has 0 aromatic carbocycles. The molecule has 0 spiro atoms. The number of aliphatic hydroxyl groups excluding tert-OH is 5. The van der Waals surface area contributed by atoms with Crippen LogP contribution in [0.2, 0.25) is 0 Å². The zero-order chi connectivity index (χ0) is 63.8. The molecule has 470 valence electrons. The minimum atomic E-state index is -1.89. The molecule has 0 saturated carbocycles. The number of nitrogens with zero attached hydrogens (tertiary/aromatic N) is 1. The number of hydrogen-bond acceptors (Lipinski definition) is 22. The fourth-order valence-electron chi connectivity index (χ4n) is 6.72. The van der Waals surface area contributed by atoms with E-state index in [2.05, 4.69) is 63.5 Å². The van der Waals surface area contributed by atoms with Crippen LogP contribution in [0, 0.1) is 0 Å². The predicted octanol–water partition coefficient (Wildman–Crippen LogP) is -12.9. The second kappa shape index (κ2) is 38.6. The summed E-state index contributed by atoms with van der Waals surface area (Å²) in [6, 6.07) is -18.2. The van der Waals surface area contributed by atoms with Crippen LogP contribution in [-0.2, 0) is 67.1 Å². The summed E-state index contributed by atoms with van der Waals surface area (Å²) >= 11 is 1.21. The maximum atomic E-state index is 13.8. The van der Waals surface area contributed by atoms with Gasteiger partial charge in [0.15, 0.2) is 12.0 Å². The molecule has 83 heavy (non-hydrogen) atoms. The smallest absolute Gasteiger partial charge is 0.328 e. The number of aliphatic hydroxyl groups is 5. The van der Waals surface area contributed by atoms with E-state index in [-0.39, 0.29) is 37.5 Å². The lowest BCUT2D eigenvalue weighted by Gasteiger charge is -2.27. The van der Waals surface area contributed by atoms with E-state index in [0.29, 0.717) is 0 Å². The van der Waals surface area contributed by atoms with E-state index in [0.717, 1.165) is 20.8 Å². The minimum Gasteiger partial charge on any atom is -0.480 e. The lowest BCUT2D eigenvalue weighted by Crippen LogP contribution is -2.61. The number of carbonyl (C=O) groups excluding carboxylic acids is 13. The molecule has 0 fully saturated rings. The van der Waals surface area contributed by atoms with Gasteiger partial charge in [0, 0.05) is 13.0 Å². The van der Waals surface area contributed by atoms with Crippen molar-refractivity contribution in [2.75, 3.05) is 44.9 Å². The van der Waals surface area contributed by atoms with E-state index >= 15 is 0 Å². The van der Waals surface area contributed by atoms with Crippen molar-refractivity contribution in [2.24, 2.45) is 33.7 Å². The van der Waals surface area contributed by atoms with Crippen molar-refractivity contribution in [3.63, 3.8) is 0 Å². The Morgan fingerprint density at radius 1 is 0.482 bits per heavy atom. The largest absolute Gasteiger partial charge is 0.480 e. The van der Waals surface area contributed by atoms with Gasteiger partial charge < -0.3 is 118 Å². The molecule has 38 heteroatoms. The summed E-state index contributed by atoms with van der Waals surface area (Å²) in [4.78, 5) is 183. The Bertz CT molecular complexity index is 2310. The van der Waals surface area contributed by atoms with Gasteiger partial charge in [0.05, 0.1) is 51.0 Å². The third-order valence-electron chi connectivity index (χ3n) is 11.4. The summed E-state index contributed by atoms with van der Waals surface area (Å²) in [7, 11) is 0. The molecule has 0 aliphatic rings. The van der Waals surface area contributed by atoms with Crippen LogP contribution in [0.1, 0.15) is 66.2 Å². The molecule has 13 atom stereocenters. The highest BCUT2D eigenvalue weighted by Gasteiger charge is 2.36. The van der Waals surface area contributed by atoms with Crippen LogP contribution in [0.5, 0.6) is 0 Å². The molecule has 0 unspecified atom stereocenters. The average molecular weight is 1210 g/mol. The van der Waals surface area contributed by atoms with Crippen molar-refractivity contribution in [3.05, 3.63) is 0 Å². The summed E-state index contributed by atoms with van der Waals surface area (Å²) in [6.45, 7) is 0.285. The Kier molecular flexibility index (Phi) is 34.9. The topological polar surface area (TPSA) is 635 Å². The summed E-state index contributed by atoms with van der Waals surface area (Å²) < 4.78 is 0. The molecular formula is C45H79N17O20S. The first-order chi connectivity index (χ1) is 38.7. The third kappa shape index (κ3) is 29.0. The quantitative estimate of drug-likeness (QED) is 0.0154. The Morgan fingerprint density at radius 3 is 1.35 bits per heavy atom. The minimum absolute atomic E-state index is 0.0415. The van der Waals surface area contributed by atoms with Crippen LogP contribution in [0.3, 0.4) is 0 Å². The zero-order valence-corrected chi connectivity index (χ0v) is 46.9. The molecule has 0 aromatic rings. The van der Waals surface area contributed by atoms with Gasteiger partial charge in [-0.05, 0) is 65.4 Å². The first kappa shape index (κ1) is 75.0. The molecule has 13 amide bonds. The molecule has 0 aromatic heterocycles. The molecule has 27 N–H and O–H groups in total. The van der Waals surface area contributed by atoms with Crippen LogP contribution < -0.4 is 87.2 Å². The summed E-state index contributed by atoms with van der Waals surface area (Å²) in [5.74, 6) is -15.8. The molecule has 0 aliphatic carbocycles. The number of carbonyl (C=O) groups is 14. The molecule has 0 aliphatic heterocycles. The summed E-state index contributed by atoms with van der Waals surface area (Å²) in [5.41, 5.74) is 26.5. The molecule has 0 bridgehead atoms. The van der Waals surface area contributed by atoms with Crippen molar-refractivity contribution in [1.29, 1.82) is 0 Å². The lowest BCUT2D eigenvalue weighted by molar-refractivity contribution is -0.145. The van der Waals surface area contributed by atoms with E-state index in [4.69, 9.17) is 28.7 Å². The van der Waals surface area contributed by atoms with Gasteiger partial charge in [0.1, 0.15) is 54.4 Å². The van der Waals surface area contributed by atoms with Crippen molar-refractivity contribution in [1.82, 2.24) is 58.5 Å². The molecule has 0 saturated heterocycles. The average Bonchev–Trinajstić information content (AvgIpc) is 3.46. The highest BCUT2D eigenvalue weighted by molar-refractivity contribution is 7.98. The van der Waals surface area contributed by atoms with Gasteiger partial charge in [-0.25, -0.2) is 4.79 Å². The van der Waals surface area contributed by atoms with Gasteiger partial charge in [0.2, 0.25) is 76.8 Å². The molecule has 0 heterocycles. The van der Waals surface area contributed by atoms with Crippen LogP contribution in [0.25, 0.3) is 0 Å². The second-order valence-electron chi connectivity index (χ2n) is 18.5. The monoisotopic (exact) mass is 1210 g/mol. The van der Waals surface area contributed by atoms with E-state index in [1.54, 1.807) is 6.26 Å². The summed E-state index contributed by atoms with van der Waals surface area (Å²) in [5, 5.41) is 83.4. The molecule has 0 rings (SSSR count). The number of thioether (sulfide) groups is 1. The fourth-order valence-corrected chi connectivity index (χ4v) is 7.20. The first-order valence-corrected chi connectivity index (χ1v) is 26.7. The summed E-state index contributed by atoms with van der Waals surface area (Å²) in [6.07, 6.45) is -3.53. The van der Waals surface area contributed by atoms with E-state index in [1.165, 1.54) is 18.7 Å². The maximum Gasteiger partial charge on any atom is 0.328 e. The Labute approximate surface area is 479 Å². The van der Waals surface area contributed by atoms with Crippen LogP contribution >= 0.6 is 11.8 Å². The normalized spacial score (nSPS) is 15.6. The number of nitrogens with two attached hydrogens (primary N) is 5. The number of guanidine groups is 1. The van der Waals surface area contributed by atoms with Crippen molar-refractivity contribution in [2.45, 2.75) is 145 Å². The van der Waals surface area contributed by atoms with Crippen molar-refractivity contribution < 1.29 is 97.8 Å². The van der Waals surface area contributed by atoms with Gasteiger partial charge in [-0.2, -0.15) is 11.8 Å². The first-order valence-electron chi connectivity index (χ1n) is 25.3. The Balaban J connectivity index is 6.14. The SMILES string of the molecule is CSCC[C@H](NC(=O)[C@@H](NC(=O)CNC(=O)[C@H](CO)NC(=O)[C@@H](N)CC(N)=O)[C@@H](C)O)C(=O)N[C@@H](CCC(N)=O)C(=O)N[C@@H](CO)C(=O)N[C@@H](C)C(=O)N[C@@H](CO)C(=O)N[C@@H](CCCN=C(N)N)C(=O)N[C@@H](C)C(=O)N[C@H](C(=O)O)[C@@H](C)O. The number of hydrogen-bond donors (Lipinski definition) is 22. The maximum absolute atomic E-state index is 13.8. The van der Waals surface area contributed by atoms with Gasteiger partial charge in [-0.1, -0.05) is 0 Å². The molecule has 0 radical (unpaired) electrons. The number of carboxylic acid groups (broad SMARTS) is 1. The van der Waals surface area contributed by atoms with Crippen molar-refractivity contribution >= 4 is 100 Å². The number of aliphatic imine (C=N–C) groups is 1. The molecular weight excluding hydrogens is 1130 g/mol. The van der Waals surface area contributed by atoms with E-state index in [9.17, 15) is 97.8 Å². The second-order valence-corrected chi connectivity index (χ2v) is 19.4. The lowest BCUT2D eigenvalue weighted by atomic mass is 10.1. The number of carboxylic acids is 1. The van der Waals surface area contributed by atoms with E-state index in [1.807, 2.05) is 0 Å². The Hall–Kier alpha value is -8.04. The standard InChI is InChI=1S/C45H79N17O20S/c1-18(34(71)58-28(17-65)42(79)55-23(7-6-11-51-45(49)50)38(75)53-19(2)35(72)62-33(21(4)67)44(81)82)54-41(78)27(16-64)60-39(76)24(8-9-29(47)68)56-40(77)25(10-12-83-5)57-43(80)32(20(3)66)61-31(70)14-52-37(74)26(15-63)59-36(73)22(46)13-30(48)69/h18-28,32-33,63-67H,6-17,46H2,1-5H3,(H2,47,68)(H2,48,69)(H,52,74)(H,53,75)(H,54,78)(H,55,79)(H,56,77)(H,57,80)(H,58,71)(H,59,73)(H,60,76)(H,61,70)(H,62,72)(H,81,82)(H4,49,50,51)/t18-,19-,20+,21+,22-,23-,24-,25-,26-,27-,28-,32-,33-/m0/s1. The fraction of sp³-hybridized carbons (Fsp3) is 0.667. The van der Waals surface area contributed by atoms with Crippen molar-refractivity contribution in [3.8, 4) is 0 Å². The van der Waals surface area contributed by atoms with Gasteiger partial charge in [-0.3, -0.25) is 67.3 Å². The Morgan fingerprint density at radius 2 is 0.892 bits per heavy atom. The number of rotatable bonds is 40. The van der Waals surface area contributed by atoms with Gasteiger partial charge in [-0.15, -0.1) is 0 Å². The predicted molar refractivity (Wildman–Crippen MR) is 289 cm³/mol. The highest BCUT2D eigenvalue weighted by atomic mass is 32.2. The number of aliphatic carboxylic acids is 1. The molecule has 37 nitrogen and oxygen atoms in total. The number of amides is 13. The van der Waals surface area contributed by atoms with Crippen LogP contribution in [-0.4, -0.2) is 243 Å².